The largest absolute Gasteiger partial charge is 0.492 e. The van der Waals surface area contributed by atoms with E-state index in [0.717, 1.165) is 11.3 Å². The molecule has 0 bridgehead atoms. The third-order valence-electron chi connectivity index (χ3n) is 5.46. The highest BCUT2D eigenvalue weighted by Gasteiger charge is 2.26. The first-order chi connectivity index (χ1) is 17.4. The van der Waals surface area contributed by atoms with Crippen molar-refractivity contribution in [3.8, 4) is 17.2 Å². The van der Waals surface area contributed by atoms with Gasteiger partial charge in [0.2, 0.25) is 5.91 Å². The monoisotopic (exact) mass is 528 g/mol. The number of amides is 2. The molecule has 0 aliphatic carbocycles. The lowest BCUT2D eigenvalue weighted by molar-refractivity contribution is -0.121. The van der Waals surface area contributed by atoms with Crippen molar-refractivity contribution in [3.05, 3.63) is 76.3 Å². The maximum Gasteiger partial charge on any atom is 0.265 e. The molecule has 0 fully saturated rings. The lowest BCUT2D eigenvalue weighted by Gasteiger charge is -2.29. The molecule has 1 N–H and O–H groups in total. The van der Waals surface area contributed by atoms with Crippen molar-refractivity contribution in [3.63, 3.8) is 0 Å². The summed E-state index contributed by atoms with van der Waals surface area (Å²) in [5.41, 5.74) is 2.27. The van der Waals surface area contributed by atoms with E-state index in [9.17, 15) is 9.59 Å². The summed E-state index contributed by atoms with van der Waals surface area (Å²) in [5.74, 6) is 1.51. The van der Waals surface area contributed by atoms with Gasteiger partial charge < -0.3 is 24.4 Å². The number of ether oxygens (including phenoxy) is 3. The van der Waals surface area contributed by atoms with Gasteiger partial charge in [0.05, 0.1) is 23.9 Å². The van der Waals surface area contributed by atoms with E-state index in [0.29, 0.717) is 59.1 Å². The van der Waals surface area contributed by atoms with Crippen LogP contribution < -0.4 is 24.4 Å². The molecule has 0 radical (unpaired) electrons. The normalized spacial score (nSPS) is 12.5. The van der Waals surface area contributed by atoms with Crippen LogP contribution >= 0.6 is 23.2 Å². The maximum atomic E-state index is 12.5. The minimum absolute atomic E-state index is 0.0409. The second kappa shape index (κ2) is 12.0. The fourth-order valence-corrected chi connectivity index (χ4v) is 4.18. The van der Waals surface area contributed by atoms with Crippen LogP contribution in [0.4, 0.5) is 11.4 Å². The van der Waals surface area contributed by atoms with E-state index in [1.807, 2.05) is 31.2 Å². The number of nitrogens with zero attached hydrogens (tertiary/aromatic N) is 1. The zero-order valence-electron chi connectivity index (χ0n) is 19.8. The number of nitrogens with one attached hydrogen (secondary N) is 1. The van der Waals surface area contributed by atoms with Crippen molar-refractivity contribution >= 4 is 46.4 Å². The van der Waals surface area contributed by atoms with Crippen LogP contribution in [0.25, 0.3) is 0 Å². The zero-order valence-corrected chi connectivity index (χ0v) is 21.3. The highest BCUT2D eigenvalue weighted by atomic mass is 35.5. The van der Waals surface area contributed by atoms with Gasteiger partial charge in [0.15, 0.2) is 6.61 Å². The third-order valence-corrected chi connectivity index (χ3v) is 5.99. The van der Waals surface area contributed by atoms with Crippen molar-refractivity contribution in [2.45, 2.75) is 19.8 Å². The third kappa shape index (κ3) is 6.83. The van der Waals surface area contributed by atoms with Crippen LogP contribution in [0, 0.1) is 6.92 Å². The number of carbonyl (C=O) groups is 2. The topological polar surface area (TPSA) is 77.1 Å². The molecule has 36 heavy (non-hydrogen) atoms. The Morgan fingerprint density at radius 3 is 2.72 bits per heavy atom. The van der Waals surface area contributed by atoms with E-state index in [1.165, 1.54) is 0 Å². The van der Waals surface area contributed by atoms with Crippen LogP contribution in [0.5, 0.6) is 17.2 Å². The molecule has 4 rings (SSSR count). The van der Waals surface area contributed by atoms with Crippen LogP contribution in [-0.2, 0) is 9.59 Å². The van der Waals surface area contributed by atoms with Gasteiger partial charge >= 0.3 is 0 Å². The summed E-state index contributed by atoms with van der Waals surface area (Å²) in [4.78, 5) is 26.6. The van der Waals surface area contributed by atoms with Crippen LogP contribution in [0.1, 0.15) is 18.4 Å². The molecule has 1 aliphatic heterocycles. The predicted octanol–water partition coefficient (Wildman–Crippen LogP) is 5.90. The van der Waals surface area contributed by atoms with Gasteiger partial charge in [-0.05, 0) is 67.4 Å². The lowest BCUT2D eigenvalue weighted by Crippen LogP contribution is -2.41. The Morgan fingerprint density at radius 2 is 1.92 bits per heavy atom. The summed E-state index contributed by atoms with van der Waals surface area (Å²) in [6.07, 6.45) is 0.755. The van der Waals surface area contributed by atoms with E-state index in [1.54, 1.807) is 41.3 Å². The molecular formula is C27H26Cl2N2O5. The lowest BCUT2D eigenvalue weighted by atomic mass is 10.2. The number of carbonyl (C=O) groups excluding carboxylic acids is 2. The van der Waals surface area contributed by atoms with Crippen LogP contribution in [-0.4, -0.2) is 38.2 Å². The number of rotatable bonds is 10. The van der Waals surface area contributed by atoms with Crippen molar-refractivity contribution in [2.75, 3.05) is 36.6 Å². The second-order valence-electron chi connectivity index (χ2n) is 8.26. The Balaban J connectivity index is 1.30. The molecule has 1 heterocycles. The number of benzene rings is 3. The van der Waals surface area contributed by atoms with Gasteiger partial charge in [-0.25, -0.2) is 0 Å². The first-order valence-corrected chi connectivity index (χ1v) is 12.3. The van der Waals surface area contributed by atoms with Gasteiger partial charge in [-0.15, -0.1) is 0 Å². The quantitative estimate of drug-likeness (QED) is 0.331. The Kier molecular flexibility index (Phi) is 8.57. The van der Waals surface area contributed by atoms with Crippen molar-refractivity contribution < 1.29 is 23.8 Å². The molecule has 3 aromatic rings. The van der Waals surface area contributed by atoms with Gasteiger partial charge in [0.1, 0.15) is 23.9 Å². The predicted molar refractivity (Wildman–Crippen MR) is 141 cm³/mol. The van der Waals surface area contributed by atoms with Crippen LogP contribution in [0.2, 0.25) is 10.0 Å². The number of hydrogen-bond acceptors (Lipinski definition) is 5. The van der Waals surface area contributed by atoms with Crippen molar-refractivity contribution in [1.82, 2.24) is 0 Å². The van der Waals surface area contributed by atoms with Crippen LogP contribution in [0.3, 0.4) is 0 Å². The van der Waals surface area contributed by atoms with E-state index >= 15 is 0 Å². The second-order valence-corrected chi connectivity index (χ2v) is 9.10. The molecule has 0 saturated heterocycles. The molecule has 0 unspecified atom stereocenters. The number of halogens is 2. The van der Waals surface area contributed by atoms with Crippen LogP contribution in [0.15, 0.2) is 60.7 Å². The summed E-state index contributed by atoms with van der Waals surface area (Å²) in [6, 6.07) is 18.0. The van der Waals surface area contributed by atoms with Crippen molar-refractivity contribution in [2.24, 2.45) is 0 Å². The molecule has 188 valence electrons. The molecule has 9 heteroatoms. The summed E-state index contributed by atoms with van der Waals surface area (Å²) >= 11 is 12.0. The van der Waals surface area contributed by atoms with Gasteiger partial charge in [-0.1, -0.05) is 35.3 Å². The molecule has 2 amide bonds. The summed E-state index contributed by atoms with van der Waals surface area (Å²) < 4.78 is 17.0. The van der Waals surface area contributed by atoms with Gasteiger partial charge in [-0.2, -0.15) is 0 Å². The fraction of sp³-hybridized carbons (Fsp3) is 0.259. The Labute approximate surface area is 219 Å². The van der Waals surface area contributed by atoms with Gasteiger partial charge in [-0.3, -0.25) is 9.59 Å². The fourth-order valence-electron chi connectivity index (χ4n) is 3.72. The van der Waals surface area contributed by atoms with E-state index in [-0.39, 0.29) is 24.8 Å². The van der Waals surface area contributed by atoms with E-state index in [2.05, 4.69) is 5.32 Å². The number of fused-ring (bicyclic) bond motifs is 1. The maximum absolute atomic E-state index is 12.5. The number of hydrogen-bond donors (Lipinski definition) is 1. The number of aryl methyl sites for hydroxylation is 1. The van der Waals surface area contributed by atoms with Gasteiger partial charge in [0.25, 0.3) is 5.91 Å². The molecule has 3 aromatic carbocycles. The standard InChI is InChI=1S/C27H26Cl2N2O5/c1-18-4-2-5-21(14-18)34-13-11-31-23-16-20(8-10-25(23)36-17-27(31)33)30-26(32)6-3-12-35-24-9-7-19(28)15-22(24)29/h2,4-5,7-10,14-16H,3,6,11-13,17H2,1H3,(H,30,32). The van der Waals surface area contributed by atoms with E-state index < -0.39 is 0 Å². The molecule has 0 atom stereocenters. The smallest absolute Gasteiger partial charge is 0.265 e. The molecule has 1 aliphatic rings. The van der Waals surface area contributed by atoms with E-state index in [4.69, 9.17) is 37.4 Å². The summed E-state index contributed by atoms with van der Waals surface area (Å²) in [6.45, 7) is 2.96. The molecule has 0 saturated carbocycles. The first kappa shape index (κ1) is 25.7. The first-order valence-electron chi connectivity index (χ1n) is 11.5. The molecular weight excluding hydrogens is 503 g/mol. The molecule has 0 aromatic heterocycles. The molecule has 7 nitrogen and oxygen atoms in total. The minimum Gasteiger partial charge on any atom is -0.492 e. The van der Waals surface area contributed by atoms with Gasteiger partial charge in [0, 0.05) is 17.1 Å². The average Bonchev–Trinajstić information content (AvgIpc) is 2.84. The highest BCUT2D eigenvalue weighted by Crippen LogP contribution is 2.34. The zero-order chi connectivity index (χ0) is 25.5. The highest BCUT2D eigenvalue weighted by molar-refractivity contribution is 6.35. The average molecular weight is 529 g/mol. The Bertz CT molecular complexity index is 1250. The Morgan fingerprint density at radius 1 is 1.06 bits per heavy atom. The Hall–Kier alpha value is -3.42. The minimum atomic E-state index is -0.170. The summed E-state index contributed by atoms with van der Waals surface area (Å²) in [5, 5.41) is 3.82. The number of anilines is 2. The van der Waals surface area contributed by atoms with Crippen molar-refractivity contribution in [1.29, 1.82) is 0 Å². The SMILES string of the molecule is Cc1cccc(OCCN2C(=O)COc3ccc(NC(=O)CCCOc4ccc(Cl)cc4Cl)cc32)c1. The molecule has 0 spiro atoms. The summed E-state index contributed by atoms with van der Waals surface area (Å²) in [7, 11) is 0.